The Kier molecular flexibility index (Phi) is 21.4. The van der Waals surface area contributed by atoms with Crippen molar-refractivity contribution < 1.29 is 44.5 Å². The number of carbonyl (C=O) groups excluding carboxylic acids is 2. The van der Waals surface area contributed by atoms with Gasteiger partial charge in [0.1, 0.15) is 29.1 Å². The highest BCUT2D eigenvalue weighted by Crippen LogP contribution is 2.44. The van der Waals surface area contributed by atoms with Crippen LogP contribution in [0, 0.1) is 12.5 Å². The molecule has 4 aliphatic heterocycles. The lowest BCUT2D eigenvalue weighted by Gasteiger charge is -2.30. The minimum absolute atomic E-state index is 0.0198. The van der Waals surface area contributed by atoms with Gasteiger partial charge in [0.25, 0.3) is 11.8 Å². The number of hydrogen-bond donors (Lipinski definition) is 4. The third-order valence-corrected chi connectivity index (χ3v) is 11.5. The second kappa shape index (κ2) is 25.8. The zero-order valence-corrected chi connectivity index (χ0v) is 39.6. The van der Waals surface area contributed by atoms with E-state index in [1.807, 2.05) is 6.92 Å². The highest BCUT2D eigenvalue weighted by atomic mass is 17.1. The first-order valence-corrected chi connectivity index (χ1v) is 22.7. The van der Waals surface area contributed by atoms with E-state index < -0.39 is 12.2 Å². The predicted octanol–water partition coefficient (Wildman–Crippen LogP) is 11.1. The van der Waals surface area contributed by atoms with Gasteiger partial charge in [-0.25, -0.2) is 0 Å². The second-order valence-electron chi connectivity index (χ2n) is 17.4. The fourth-order valence-corrected chi connectivity index (χ4v) is 8.04. The van der Waals surface area contributed by atoms with Gasteiger partial charge in [-0.2, -0.15) is 5.26 Å². The number of rotatable bonds is 13. The monoisotopic (exact) mass is 871 g/mol. The first-order valence-electron chi connectivity index (χ1n) is 22.7. The van der Waals surface area contributed by atoms with Gasteiger partial charge in [0.2, 0.25) is 0 Å². The average Bonchev–Trinajstić information content (AvgIpc) is 3.72. The molecule has 0 saturated heterocycles. The Balaban J connectivity index is 0.000000333. The third-order valence-electron chi connectivity index (χ3n) is 11.5. The van der Waals surface area contributed by atoms with Crippen molar-refractivity contribution in [1.82, 2.24) is 9.80 Å². The quantitative estimate of drug-likeness (QED) is 0.0507. The molecule has 3 atom stereocenters. The van der Waals surface area contributed by atoms with Gasteiger partial charge >= 0.3 is 0 Å². The van der Waals surface area contributed by atoms with Gasteiger partial charge < -0.3 is 34.6 Å². The van der Waals surface area contributed by atoms with E-state index in [4.69, 9.17) is 14.7 Å². The van der Waals surface area contributed by atoms with Crippen LogP contribution in [0.3, 0.4) is 0 Å². The number of hydrogen-bond acceptors (Lipinski definition) is 9. The number of phenols is 2. The number of ether oxygens (including phenoxy) is 2. The predicted molar refractivity (Wildman–Crippen MR) is 251 cm³/mol. The van der Waals surface area contributed by atoms with Gasteiger partial charge in [0.15, 0.2) is 6.11 Å². The molecule has 6 rings (SSSR count). The fraction of sp³-hybridized carbons (Fsp3) is 0.538. The van der Waals surface area contributed by atoms with Crippen LogP contribution in [0.1, 0.15) is 170 Å². The van der Waals surface area contributed by atoms with Crippen LogP contribution in [0.2, 0.25) is 0 Å². The van der Waals surface area contributed by atoms with Crippen molar-refractivity contribution in [2.75, 3.05) is 13.1 Å². The van der Waals surface area contributed by atoms with Crippen LogP contribution in [0.4, 0.5) is 0 Å². The first-order chi connectivity index (χ1) is 30.0. The summed E-state index contributed by atoms with van der Waals surface area (Å²) in [5.41, 5.74) is 9.82. The maximum absolute atomic E-state index is 13.0. The Morgan fingerprint density at radius 1 is 0.762 bits per heavy atom. The molecule has 11 heteroatoms. The molecule has 4 heterocycles. The number of terminal acetylenes is 1. The van der Waals surface area contributed by atoms with E-state index in [1.165, 1.54) is 73.0 Å². The molecule has 0 saturated carbocycles. The molecule has 1 unspecified atom stereocenters. The number of nitrogens with zero attached hydrogens (tertiary/aromatic N) is 2. The number of allylic oxidation sites excluding steroid dienone is 8. The summed E-state index contributed by atoms with van der Waals surface area (Å²) in [6, 6.07) is 3.07. The summed E-state index contributed by atoms with van der Waals surface area (Å²) in [4.78, 5) is 32.7. The molecule has 11 nitrogen and oxygen atoms in total. The van der Waals surface area contributed by atoms with Gasteiger partial charge in [0, 0.05) is 41.8 Å². The molecule has 0 fully saturated rings. The maximum Gasteiger partial charge on any atom is 0.254 e. The lowest BCUT2D eigenvalue weighted by molar-refractivity contribution is -0.171. The van der Waals surface area contributed by atoms with Crippen molar-refractivity contribution in [2.24, 2.45) is 0 Å². The van der Waals surface area contributed by atoms with Gasteiger partial charge in [-0.15, -0.1) is 0 Å². The molecule has 0 spiro atoms. The van der Waals surface area contributed by atoms with E-state index in [1.54, 1.807) is 22.8 Å². The van der Waals surface area contributed by atoms with Gasteiger partial charge in [-0.1, -0.05) is 66.9 Å². The minimum Gasteiger partial charge on any atom is -0.508 e. The molecule has 2 amide bonds. The Hall–Kier alpha value is -5.18. The van der Waals surface area contributed by atoms with Crippen LogP contribution in [0.5, 0.6) is 23.0 Å². The molecule has 4 aliphatic rings. The van der Waals surface area contributed by atoms with Crippen molar-refractivity contribution in [3.63, 3.8) is 0 Å². The summed E-state index contributed by atoms with van der Waals surface area (Å²) < 4.78 is 11.9. The van der Waals surface area contributed by atoms with Crippen molar-refractivity contribution >= 4 is 11.8 Å². The number of fused-ring (bicyclic) bond motifs is 6. The molecule has 4 N–H and O–H groups in total. The van der Waals surface area contributed by atoms with Crippen molar-refractivity contribution in [1.29, 1.82) is 0 Å². The Morgan fingerprint density at radius 3 is 1.63 bits per heavy atom. The second-order valence-corrected chi connectivity index (χ2v) is 17.4. The summed E-state index contributed by atoms with van der Waals surface area (Å²) in [5, 5.41) is 38.2. The first kappa shape index (κ1) is 52.2. The molecule has 2 aromatic carbocycles. The summed E-state index contributed by atoms with van der Waals surface area (Å²) in [7, 11) is 0. The third kappa shape index (κ3) is 15.2. The Bertz CT molecular complexity index is 1990. The zero-order valence-electron chi connectivity index (χ0n) is 39.6. The van der Waals surface area contributed by atoms with Crippen molar-refractivity contribution in [2.45, 2.75) is 171 Å². The number of aromatic hydroxyl groups is 2. The van der Waals surface area contributed by atoms with Crippen molar-refractivity contribution in [3.8, 4) is 35.5 Å². The van der Waals surface area contributed by atoms with Crippen molar-refractivity contribution in [3.05, 3.63) is 92.1 Å². The van der Waals surface area contributed by atoms with E-state index in [-0.39, 0.29) is 29.4 Å². The van der Waals surface area contributed by atoms with E-state index in [0.29, 0.717) is 73.6 Å². The van der Waals surface area contributed by atoms with E-state index in [2.05, 4.69) is 91.0 Å². The molecule has 0 aromatic heterocycles. The molecular formula is C52H74N2O9. The topological polar surface area (TPSA) is 149 Å². The van der Waals surface area contributed by atoms with E-state index >= 15 is 0 Å². The van der Waals surface area contributed by atoms with Crippen LogP contribution in [-0.4, -0.2) is 73.6 Å². The summed E-state index contributed by atoms with van der Waals surface area (Å²) >= 11 is 0. The molecule has 0 radical (unpaired) electrons. The van der Waals surface area contributed by atoms with E-state index in [0.717, 1.165) is 29.5 Å². The smallest absolute Gasteiger partial charge is 0.254 e. The number of carbonyl (C=O) groups is 2. The van der Waals surface area contributed by atoms with E-state index in [9.17, 15) is 24.9 Å². The van der Waals surface area contributed by atoms with Gasteiger partial charge in [-0.05, 0) is 132 Å². The molecule has 2 aromatic rings. The van der Waals surface area contributed by atoms with Crippen LogP contribution in [0.25, 0.3) is 0 Å². The number of phenolic OH excluding ortho intramolecular Hbond substituents is 2. The highest BCUT2D eigenvalue weighted by Gasteiger charge is 2.38. The number of aliphatic hydroxyl groups is 1. The summed E-state index contributed by atoms with van der Waals surface area (Å²) in [6.45, 7) is 23.1. The number of unbranched alkanes of at least 4 members (excludes halogenated alkanes) is 1. The molecule has 0 bridgehead atoms. The van der Waals surface area contributed by atoms with Crippen LogP contribution < -0.4 is 9.47 Å². The Labute approximate surface area is 377 Å². The summed E-state index contributed by atoms with van der Waals surface area (Å²) in [6.07, 6.45) is 24.4. The maximum atomic E-state index is 13.0. The SMILES string of the molecule is C#COO.CC/C=C(\C)CCC=C(C)C.CC/C=C(\C)CCC=C(C)C.CC1CCc2c(O)cc3c(c2O1)CN(CCCCN1Cc2c(cc(O)c4c2O[C@H](C)[C@@H](O)C4)C1=O)C3=O. The lowest BCUT2D eigenvalue weighted by Crippen LogP contribution is -2.35. The van der Waals surface area contributed by atoms with Crippen LogP contribution in [0.15, 0.2) is 58.7 Å². The summed E-state index contributed by atoms with van der Waals surface area (Å²) in [5.74, 6) is 1.05. The molecular weight excluding hydrogens is 797 g/mol. The number of benzene rings is 2. The van der Waals surface area contributed by atoms with Gasteiger partial charge in [-0.3, -0.25) is 14.5 Å². The standard InChI is InChI=1S/C28H32N2O7.2C11H20.C2H2O2/c1-14-5-6-16-23(32)9-17-20(25(16)36-14)12-29(27(17)34)7-3-4-8-30-13-21-18(28(30)35)10-24(33)19-11-22(31)15(2)37-26(19)21;2*1-5-7-11(4)9-6-8-10(2)3;1-2-4-3/h9-10,14-15,22,31-33H,3-8,11-13H2,1-2H3;2*7-8H,5-6,9H2,1-4H3;1,3H/b;2*11-7+;/t14?,15-,22+;;;/m1.../s1. The highest BCUT2D eigenvalue weighted by molar-refractivity contribution is 6.00. The fourth-order valence-electron chi connectivity index (χ4n) is 8.04. The Morgan fingerprint density at radius 2 is 1.21 bits per heavy atom. The molecule has 0 aliphatic carbocycles. The van der Waals surface area contributed by atoms with Gasteiger partial charge in [0.05, 0.1) is 36.4 Å². The van der Waals surface area contributed by atoms with Crippen LogP contribution >= 0.6 is 0 Å². The lowest BCUT2D eigenvalue weighted by atomic mass is 9.94. The number of amides is 2. The normalized spacial score (nSPS) is 18.2. The largest absolute Gasteiger partial charge is 0.508 e. The minimum atomic E-state index is -0.700. The number of aliphatic hydroxyl groups excluding tert-OH is 1. The van der Waals surface area contributed by atoms with Crippen LogP contribution in [-0.2, 0) is 30.8 Å². The average molecular weight is 871 g/mol. The molecule has 346 valence electrons. The zero-order chi connectivity index (χ0) is 46.8. The molecule has 63 heavy (non-hydrogen) atoms.